The SMILES string of the molecule is Cc1cc2ccccc2n1CC(=O)N1CCC(n2cncn2)C1. The molecule has 1 unspecified atom stereocenters. The van der Waals surface area contributed by atoms with E-state index in [2.05, 4.69) is 39.8 Å². The van der Waals surface area contributed by atoms with Crippen molar-refractivity contribution >= 4 is 16.8 Å². The largest absolute Gasteiger partial charge is 0.339 e. The van der Waals surface area contributed by atoms with Crippen molar-refractivity contribution in [1.29, 1.82) is 0 Å². The summed E-state index contributed by atoms with van der Waals surface area (Å²) in [5.74, 6) is 0.164. The van der Waals surface area contributed by atoms with Crippen LogP contribution in [0.2, 0.25) is 0 Å². The number of benzene rings is 1. The highest BCUT2D eigenvalue weighted by Crippen LogP contribution is 2.23. The average molecular weight is 309 g/mol. The number of para-hydroxylation sites is 1. The molecule has 118 valence electrons. The third kappa shape index (κ3) is 2.50. The van der Waals surface area contributed by atoms with Crippen molar-refractivity contribution < 1.29 is 4.79 Å². The topological polar surface area (TPSA) is 56.0 Å². The summed E-state index contributed by atoms with van der Waals surface area (Å²) in [6, 6.07) is 10.6. The van der Waals surface area contributed by atoms with Crippen molar-refractivity contribution in [2.24, 2.45) is 0 Å². The van der Waals surface area contributed by atoms with Crippen molar-refractivity contribution in [2.45, 2.75) is 25.9 Å². The van der Waals surface area contributed by atoms with Gasteiger partial charge in [0.1, 0.15) is 19.2 Å². The van der Waals surface area contributed by atoms with Crippen LogP contribution in [0, 0.1) is 6.92 Å². The van der Waals surface area contributed by atoms with Crippen LogP contribution in [0.15, 0.2) is 43.0 Å². The molecule has 3 aromatic rings. The van der Waals surface area contributed by atoms with E-state index in [9.17, 15) is 4.79 Å². The highest BCUT2D eigenvalue weighted by Gasteiger charge is 2.28. The first-order valence-electron chi connectivity index (χ1n) is 7.89. The van der Waals surface area contributed by atoms with E-state index >= 15 is 0 Å². The molecule has 0 spiro atoms. The second-order valence-corrected chi connectivity index (χ2v) is 6.09. The number of aryl methyl sites for hydroxylation is 1. The van der Waals surface area contributed by atoms with E-state index in [0.29, 0.717) is 13.1 Å². The lowest BCUT2D eigenvalue weighted by atomic mass is 10.2. The number of amides is 1. The zero-order valence-corrected chi connectivity index (χ0v) is 13.1. The van der Waals surface area contributed by atoms with Crippen LogP contribution in [0.4, 0.5) is 0 Å². The predicted molar refractivity (Wildman–Crippen MR) is 86.9 cm³/mol. The molecule has 0 radical (unpaired) electrons. The molecule has 1 aliphatic heterocycles. The van der Waals surface area contributed by atoms with Crippen molar-refractivity contribution in [3.05, 3.63) is 48.7 Å². The zero-order valence-electron chi connectivity index (χ0n) is 13.1. The Balaban J connectivity index is 1.51. The first-order chi connectivity index (χ1) is 11.2. The van der Waals surface area contributed by atoms with Crippen molar-refractivity contribution in [2.75, 3.05) is 13.1 Å². The van der Waals surface area contributed by atoms with Crippen molar-refractivity contribution in [3.8, 4) is 0 Å². The summed E-state index contributed by atoms with van der Waals surface area (Å²) in [4.78, 5) is 18.6. The lowest BCUT2D eigenvalue weighted by molar-refractivity contribution is -0.130. The molecule has 0 bridgehead atoms. The minimum Gasteiger partial charge on any atom is -0.339 e. The molecule has 4 rings (SSSR count). The van der Waals surface area contributed by atoms with Gasteiger partial charge in [-0.05, 0) is 30.9 Å². The first-order valence-corrected chi connectivity index (χ1v) is 7.89. The Bertz CT molecular complexity index is 836. The number of nitrogens with zero attached hydrogens (tertiary/aromatic N) is 5. The van der Waals surface area contributed by atoms with E-state index in [-0.39, 0.29) is 11.9 Å². The molecule has 3 heterocycles. The number of likely N-dealkylation sites (tertiary alicyclic amines) is 1. The minimum absolute atomic E-state index is 0.164. The van der Waals surface area contributed by atoms with E-state index in [0.717, 1.165) is 24.2 Å². The van der Waals surface area contributed by atoms with Crippen LogP contribution in [0.3, 0.4) is 0 Å². The lowest BCUT2D eigenvalue weighted by Crippen LogP contribution is -2.32. The Hall–Kier alpha value is -2.63. The fourth-order valence-corrected chi connectivity index (χ4v) is 3.38. The zero-order chi connectivity index (χ0) is 15.8. The molecule has 1 saturated heterocycles. The molecule has 1 fully saturated rings. The number of hydrogen-bond donors (Lipinski definition) is 0. The van der Waals surface area contributed by atoms with E-state index in [1.807, 2.05) is 21.7 Å². The van der Waals surface area contributed by atoms with Gasteiger partial charge >= 0.3 is 0 Å². The molecule has 1 aromatic carbocycles. The van der Waals surface area contributed by atoms with Crippen molar-refractivity contribution in [3.63, 3.8) is 0 Å². The van der Waals surface area contributed by atoms with E-state index in [4.69, 9.17) is 0 Å². The van der Waals surface area contributed by atoms with Gasteiger partial charge < -0.3 is 9.47 Å². The molecule has 0 saturated carbocycles. The molecule has 1 amide bonds. The number of aromatic nitrogens is 4. The quantitative estimate of drug-likeness (QED) is 0.744. The number of carbonyl (C=O) groups excluding carboxylic acids is 1. The van der Waals surface area contributed by atoms with Gasteiger partial charge in [-0.25, -0.2) is 9.67 Å². The highest BCUT2D eigenvalue weighted by molar-refractivity contribution is 5.84. The normalized spacial score (nSPS) is 18.0. The number of hydrogen-bond acceptors (Lipinski definition) is 3. The third-order valence-corrected chi connectivity index (χ3v) is 4.64. The molecule has 0 N–H and O–H groups in total. The van der Waals surface area contributed by atoms with Crippen LogP contribution in [0.25, 0.3) is 10.9 Å². The third-order valence-electron chi connectivity index (χ3n) is 4.64. The van der Waals surface area contributed by atoms with Crippen LogP contribution in [-0.4, -0.2) is 43.2 Å². The van der Waals surface area contributed by atoms with E-state index in [1.165, 1.54) is 5.39 Å². The summed E-state index contributed by atoms with van der Waals surface area (Å²) in [6.07, 6.45) is 4.20. The minimum atomic E-state index is 0.164. The monoisotopic (exact) mass is 309 g/mol. The van der Waals surface area contributed by atoms with Gasteiger partial charge in [0.2, 0.25) is 5.91 Å². The summed E-state index contributed by atoms with van der Waals surface area (Å²) in [6.45, 7) is 3.93. The molecular formula is C17H19N5O. The maximum Gasteiger partial charge on any atom is 0.242 e. The Morgan fingerprint density at radius 1 is 1.35 bits per heavy atom. The highest BCUT2D eigenvalue weighted by atomic mass is 16.2. The molecule has 1 aliphatic rings. The fraction of sp³-hybridized carbons (Fsp3) is 0.353. The second kappa shape index (κ2) is 5.53. The molecule has 0 aliphatic carbocycles. The molecule has 23 heavy (non-hydrogen) atoms. The van der Waals surface area contributed by atoms with E-state index < -0.39 is 0 Å². The number of carbonyl (C=O) groups is 1. The summed E-state index contributed by atoms with van der Waals surface area (Å²) < 4.78 is 3.95. The Morgan fingerprint density at radius 3 is 3.04 bits per heavy atom. The maximum atomic E-state index is 12.7. The Labute approximate surface area is 134 Å². The summed E-state index contributed by atoms with van der Waals surface area (Å²) in [7, 11) is 0. The summed E-state index contributed by atoms with van der Waals surface area (Å²) in [5, 5.41) is 5.37. The molecule has 1 atom stereocenters. The summed E-state index contributed by atoms with van der Waals surface area (Å²) >= 11 is 0. The average Bonchev–Trinajstić information content (AvgIpc) is 3.27. The van der Waals surface area contributed by atoms with Crippen LogP contribution in [-0.2, 0) is 11.3 Å². The van der Waals surface area contributed by atoms with Crippen molar-refractivity contribution in [1.82, 2.24) is 24.2 Å². The molecule has 6 heteroatoms. The van der Waals surface area contributed by atoms with Crippen LogP contribution in [0.5, 0.6) is 0 Å². The Kier molecular flexibility index (Phi) is 3.37. The lowest BCUT2D eigenvalue weighted by Gasteiger charge is -2.18. The predicted octanol–water partition coefficient (Wildman–Crippen LogP) is 2.01. The second-order valence-electron chi connectivity index (χ2n) is 6.09. The van der Waals surface area contributed by atoms with Gasteiger partial charge in [0.15, 0.2) is 0 Å². The van der Waals surface area contributed by atoms with Gasteiger partial charge in [-0.1, -0.05) is 18.2 Å². The molecule has 2 aromatic heterocycles. The maximum absolute atomic E-state index is 12.7. The Morgan fingerprint density at radius 2 is 2.22 bits per heavy atom. The molecule has 6 nitrogen and oxygen atoms in total. The van der Waals surface area contributed by atoms with Gasteiger partial charge in [-0.2, -0.15) is 5.10 Å². The smallest absolute Gasteiger partial charge is 0.242 e. The number of rotatable bonds is 3. The summed E-state index contributed by atoms with van der Waals surface area (Å²) in [5.41, 5.74) is 2.23. The van der Waals surface area contributed by atoms with Gasteiger partial charge in [0.05, 0.1) is 6.04 Å². The van der Waals surface area contributed by atoms with Crippen LogP contribution < -0.4 is 0 Å². The van der Waals surface area contributed by atoms with Crippen LogP contribution >= 0.6 is 0 Å². The standard InChI is InChI=1S/C17H19N5O/c1-13-8-14-4-2-3-5-16(14)21(13)10-17(23)20-7-6-15(9-20)22-12-18-11-19-22/h2-5,8,11-12,15H,6-7,9-10H2,1H3. The number of fused-ring (bicyclic) bond motifs is 1. The van der Waals surface area contributed by atoms with Gasteiger partial charge in [-0.3, -0.25) is 4.79 Å². The fourth-order valence-electron chi connectivity index (χ4n) is 3.38. The van der Waals surface area contributed by atoms with E-state index in [1.54, 1.807) is 12.7 Å². The van der Waals surface area contributed by atoms with Gasteiger partial charge in [-0.15, -0.1) is 0 Å². The first kappa shape index (κ1) is 14.0. The van der Waals surface area contributed by atoms with Crippen LogP contribution in [0.1, 0.15) is 18.2 Å². The molecular weight excluding hydrogens is 290 g/mol. The van der Waals surface area contributed by atoms with Gasteiger partial charge in [0, 0.05) is 24.3 Å². The van der Waals surface area contributed by atoms with Gasteiger partial charge in [0.25, 0.3) is 0 Å².